The molecule has 0 saturated heterocycles. The van der Waals surface area contributed by atoms with Gasteiger partial charge in [-0.25, -0.2) is 0 Å². The van der Waals surface area contributed by atoms with Gasteiger partial charge in [0, 0.05) is 16.7 Å². The van der Waals surface area contributed by atoms with Gasteiger partial charge < -0.3 is 9.30 Å². The predicted molar refractivity (Wildman–Crippen MR) is 88.3 cm³/mol. The lowest BCUT2D eigenvalue weighted by atomic mass is 10.2. The molecule has 0 spiro atoms. The van der Waals surface area contributed by atoms with Crippen molar-refractivity contribution in [2.24, 2.45) is 0 Å². The first-order valence-electron chi connectivity index (χ1n) is 7.05. The summed E-state index contributed by atoms with van der Waals surface area (Å²) >= 11 is 6.00. The average molecular weight is 311 g/mol. The van der Waals surface area contributed by atoms with Crippen LogP contribution in [0.1, 0.15) is 11.1 Å². The summed E-state index contributed by atoms with van der Waals surface area (Å²) in [5, 5.41) is 10.9. The first-order valence-corrected chi connectivity index (χ1v) is 7.43. The Balaban J connectivity index is 1.71. The van der Waals surface area contributed by atoms with E-state index < -0.39 is 0 Å². The molecule has 0 bridgehead atoms. The van der Waals surface area contributed by atoms with Crippen molar-refractivity contribution in [3.05, 3.63) is 64.8 Å². The summed E-state index contributed by atoms with van der Waals surface area (Å²) in [7, 11) is 0. The Morgan fingerprint density at radius 2 is 2.05 bits per heavy atom. The van der Waals surface area contributed by atoms with Gasteiger partial charge in [0.2, 0.25) is 0 Å². The normalized spacial score (nSPS) is 10.6. The summed E-state index contributed by atoms with van der Waals surface area (Å²) in [6.45, 7) is 3.24. The zero-order chi connectivity index (χ0) is 15.5. The van der Waals surface area contributed by atoms with Crippen LogP contribution in [-0.2, 0) is 6.54 Å². The molecule has 0 fully saturated rings. The second-order valence-corrected chi connectivity index (χ2v) is 5.56. The summed E-state index contributed by atoms with van der Waals surface area (Å²) in [4.78, 5) is 0. The maximum atomic E-state index is 9.00. The predicted octanol–water partition coefficient (Wildman–Crippen LogP) is 4.55. The molecule has 110 valence electrons. The van der Waals surface area contributed by atoms with Gasteiger partial charge in [-0.3, -0.25) is 0 Å². The molecule has 0 atom stereocenters. The van der Waals surface area contributed by atoms with E-state index in [0.29, 0.717) is 12.2 Å². The number of halogens is 1. The number of nitriles is 1. The molecule has 3 rings (SSSR count). The third-order valence-electron chi connectivity index (χ3n) is 3.63. The third-order valence-corrected chi connectivity index (χ3v) is 4.06. The van der Waals surface area contributed by atoms with E-state index in [1.807, 2.05) is 55.6 Å². The summed E-state index contributed by atoms with van der Waals surface area (Å²) in [6, 6.07) is 15.6. The first kappa shape index (κ1) is 14.5. The van der Waals surface area contributed by atoms with Crippen LogP contribution in [0.4, 0.5) is 0 Å². The van der Waals surface area contributed by atoms with Crippen LogP contribution in [-0.4, -0.2) is 11.2 Å². The maximum absolute atomic E-state index is 9.00. The Labute approximate surface area is 134 Å². The van der Waals surface area contributed by atoms with Gasteiger partial charge in [-0.2, -0.15) is 5.26 Å². The highest BCUT2D eigenvalue weighted by molar-refractivity contribution is 6.31. The molecule has 0 N–H and O–H groups in total. The van der Waals surface area contributed by atoms with Crippen molar-refractivity contribution < 1.29 is 4.74 Å². The highest BCUT2D eigenvalue weighted by atomic mass is 35.5. The Hall–Kier alpha value is -2.44. The number of benzene rings is 2. The topological polar surface area (TPSA) is 38.0 Å². The van der Waals surface area contributed by atoms with Crippen molar-refractivity contribution in [2.45, 2.75) is 13.5 Å². The van der Waals surface area contributed by atoms with E-state index in [1.54, 1.807) is 0 Å². The second-order valence-electron chi connectivity index (χ2n) is 5.15. The molecule has 3 nitrogen and oxygen atoms in total. The molecule has 3 aromatic rings. The molecular weight excluding hydrogens is 296 g/mol. The van der Waals surface area contributed by atoms with E-state index in [-0.39, 0.29) is 0 Å². The van der Waals surface area contributed by atoms with E-state index in [0.717, 1.165) is 33.8 Å². The molecule has 4 heteroatoms. The van der Waals surface area contributed by atoms with Gasteiger partial charge in [-0.1, -0.05) is 17.7 Å². The van der Waals surface area contributed by atoms with Crippen LogP contribution in [0.25, 0.3) is 10.9 Å². The highest BCUT2D eigenvalue weighted by Crippen LogP contribution is 2.21. The number of nitrogens with zero attached hydrogens (tertiary/aromatic N) is 2. The van der Waals surface area contributed by atoms with Crippen LogP contribution in [0.3, 0.4) is 0 Å². The number of hydrogen-bond donors (Lipinski definition) is 0. The zero-order valence-electron chi connectivity index (χ0n) is 12.2. The number of aryl methyl sites for hydroxylation is 1. The fourth-order valence-corrected chi connectivity index (χ4v) is 2.53. The smallest absolute Gasteiger partial charge is 0.119 e. The van der Waals surface area contributed by atoms with Crippen LogP contribution >= 0.6 is 11.6 Å². The molecule has 22 heavy (non-hydrogen) atoms. The lowest BCUT2D eigenvalue weighted by Gasteiger charge is -2.09. The van der Waals surface area contributed by atoms with Crippen molar-refractivity contribution in [3.63, 3.8) is 0 Å². The van der Waals surface area contributed by atoms with Gasteiger partial charge in [0.25, 0.3) is 0 Å². The molecule has 1 aromatic heterocycles. The van der Waals surface area contributed by atoms with Crippen molar-refractivity contribution in [3.8, 4) is 11.8 Å². The lowest BCUT2D eigenvalue weighted by Crippen LogP contribution is -2.07. The van der Waals surface area contributed by atoms with Gasteiger partial charge >= 0.3 is 0 Å². The van der Waals surface area contributed by atoms with Crippen LogP contribution in [0.2, 0.25) is 5.02 Å². The standard InChI is InChI=1S/C18H15ClN2O/c1-13-10-16(4-5-17(13)19)22-9-8-21-7-6-15-3-2-14(12-20)11-18(15)21/h2-7,10-11H,8-9H2,1H3. The van der Waals surface area contributed by atoms with Crippen molar-refractivity contribution in [1.82, 2.24) is 4.57 Å². The molecule has 0 unspecified atom stereocenters. The van der Waals surface area contributed by atoms with Gasteiger partial charge in [-0.15, -0.1) is 0 Å². The fourth-order valence-electron chi connectivity index (χ4n) is 2.42. The van der Waals surface area contributed by atoms with Crippen LogP contribution in [0, 0.1) is 18.3 Å². The molecule has 0 aliphatic heterocycles. The average Bonchev–Trinajstić information content (AvgIpc) is 2.93. The molecule has 1 heterocycles. The Morgan fingerprint density at radius 1 is 1.18 bits per heavy atom. The summed E-state index contributed by atoms with van der Waals surface area (Å²) < 4.78 is 7.87. The maximum Gasteiger partial charge on any atom is 0.119 e. The molecule has 0 saturated carbocycles. The monoisotopic (exact) mass is 310 g/mol. The number of ether oxygens (including phenoxy) is 1. The van der Waals surface area contributed by atoms with Gasteiger partial charge in [0.05, 0.1) is 18.2 Å². The van der Waals surface area contributed by atoms with Crippen LogP contribution in [0.5, 0.6) is 5.75 Å². The molecule has 2 aromatic carbocycles. The fraction of sp³-hybridized carbons (Fsp3) is 0.167. The minimum Gasteiger partial charge on any atom is -0.492 e. The van der Waals surface area contributed by atoms with Crippen molar-refractivity contribution >= 4 is 22.5 Å². The van der Waals surface area contributed by atoms with Crippen molar-refractivity contribution in [2.75, 3.05) is 6.61 Å². The summed E-state index contributed by atoms with van der Waals surface area (Å²) in [5.74, 6) is 0.816. The number of rotatable bonds is 4. The number of fused-ring (bicyclic) bond motifs is 1. The second kappa shape index (κ2) is 6.13. The minimum atomic E-state index is 0.557. The lowest BCUT2D eigenvalue weighted by molar-refractivity contribution is 0.300. The number of hydrogen-bond acceptors (Lipinski definition) is 2. The minimum absolute atomic E-state index is 0.557. The van der Waals surface area contributed by atoms with Crippen LogP contribution in [0.15, 0.2) is 48.7 Å². The molecule has 0 aliphatic carbocycles. The van der Waals surface area contributed by atoms with Gasteiger partial charge in [0.1, 0.15) is 12.4 Å². The Bertz CT molecular complexity index is 861. The quantitative estimate of drug-likeness (QED) is 0.709. The third kappa shape index (κ3) is 2.93. The molecule has 0 amide bonds. The molecule has 0 aliphatic rings. The van der Waals surface area contributed by atoms with E-state index in [2.05, 4.69) is 10.6 Å². The van der Waals surface area contributed by atoms with Gasteiger partial charge in [-0.05, 0) is 54.3 Å². The summed E-state index contributed by atoms with van der Waals surface area (Å²) in [6.07, 6.45) is 2.02. The Morgan fingerprint density at radius 3 is 2.82 bits per heavy atom. The largest absolute Gasteiger partial charge is 0.492 e. The first-order chi connectivity index (χ1) is 10.7. The molecule has 0 radical (unpaired) electrons. The van der Waals surface area contributed by atoms with E-state index >= 15 is 0 Å². The summed E-state index contributed by atoms with van der Waals surface area (Å²) in [5.41, 5.74) is 2.72. The Kier molecular flexibility index (Phi) is 4.04. The van der Waals surface area contributed by atoms with Crippen molar-refractivity contribution in [1.29, 1.82) is 5.26 Å². The number of aromatic nitrogens is 1. The van der Waals surface area contributed by atoms with Gasteiger partial charge in [0.15, 0.2) is 0 Å². The SMILES string of the molecule is Cc1cc(OCCn2ccc3ccc(C#N)cc32)ccc1Cl. The molecular formula is C18H15ClN2O. The van der Waals surface area contributed by atoms with Crippen LogP contribution < -0.4 is 4.74 Å². The van der Waals surface area contributed by atoms with E-state index in [4.69, 9.17) is 21.6 Å². The highest BCUT2D eigenvalue weighted by Gasteiger charge is 2.03. The zero-order valence-corrected chi connectivity index (χ0v) is 13.0. The van der Waals surface area contributed by atoms with E-state index in [9.17, 15) is 0 Å². The van der Waals surface area contributed by atoms with E-state index in [1.165, 1.54) is 0 Å².